The molecule has 0 amide bonds. The van der Waals surface area contributed by atoms with E-state index in [1.807, 2.05) is 0 Å². The molecule has 25 heavy (non-hydrogen) atoms. The van der Waals surface area contributed by atoms with Gasteiger partial charge in [0.2, 0.25) is 0 Å². The number of hydrogen-bond acceptors (Lipinski definition) is 3. The normalized spacial score (nSPS) is 26.0. The summed E-state index contributed by atoms with van der Waals surface area (Å²) in [6, 6.07) is 3.41. The average molecular weight is 348 g/mol. The minimum Gasteiger partial charge on any atom is -0.494 e. The van der Waals surface area contributed by atoms with Gasteiger partial charge in [0.05, 0.1) is 7.11 Å². The number of halogens is 1. The monoisotopic (exact) mass is 348 g/mol. The number of ether oxygens (including phenoxy) is 2. The summed E-state index contributed by atoms with van der Waals surface area (Å²) in [6.07, 6.45) is 10.5. The van der Waals surface area contributed by atoms with E-state index < -0.39 is 11.8 Å². The van der Waals surface area contributed by atoms with Crippen LogP contribution in [0.5, 0.6) is 5.75 Å². The number of hydrogen-bond donors (Lipinski definition) is 0. The maximum atomic E-state index is 14.3. The van der Waals surface area contributed by atoms with E-state index in [4.69, 9.17) is 9.47 Å². The van der Waals surface area contributed by atoms with Gasteiger partial charge in [-0.25, -0.2) is 9.18 Å². The Kier molecular flexibility index (Phi) is 5.98. The molecule has 0 radical (unpaired) electrons. The number of esters is 1. The van der Waals surface area contributed by atoms with Crippen LogP contribution in [-0.2, 0) is 11.2 Å². The summed E-state index contributed by atoms with van der Waals surface area (Å²) in [7, 11) is 1.40. The van der Waals surface area contributed by atoms with E-state index in [0.717, 1.165) is 24.3 Å². The first-order valence-electron chi connectivity index (χ1n) is 9.70. The van der Waals surface area contributed by atoms with Crippen LogP contribution in [0.1, 0.15) is 74.2 Å². The molecule has 1 unspecified atom stereocenters. The molecule has 1 aromatic rings. The van der Waals surface area contributed by atoms with Crippen molar-refractivity contribution >= 4 is 5.97 Å². The van der Waals surface area contributed by atoms with Crippen molar-refractivity contribution in [3.8, 4) is 5.75 Å². The zero-order valence-electron chi connectivity index (χ0n) is 15.4. The summed E-state index contributed by atoms with van der Waals surface area (Å²) in [5, 5.41) is 0. The van der Waals surface area contributed by atoms with Crippen LogP contribution in [0.4, 0.5) is 4.39 Å². The molecule has 0 bridgehead atoms. The number of methoxy groups -OCH3 is 1. The molecule has 138 valence electrons. The Morgan fingerprint density at radius 1 is 1.20 bits per heavy atom. The molecular weight excluding hydrogens is 319 g/mol. The van der Waals surface area contributed by atoms with Gasteiger partial charge in [0.25, 0.3) is 0 Å². The molecule has 2 aliphatic rings. The summed E-state index contributed by atoms with van der Waals surface area (Å²) in [5.74, 6) is 0.207. The number of benzene rings is 1. The second kappa shape index (κ2) is 8.20. The zero-order chi connectivity index (χ0) is 17.8. The SMILES string of the molecule is CCCCCC1CCC(C2Cc3ccc(OC)c(F)c3C(=O)O2)CC1. The van der Waals surface area contributed by atoms with Crippen LogP contribution in [-0.4, -0.2) is 19.2 Å². The van der Waals surface area contributed by atoms with Crippen molar-refractivity contribution in [1.29, 1.82) is 0 Å². The van der Waals surface area contributed by atoms with Crippen LogP contribution in [0.15, 0.2) is 12.1 Å². The smallest absolute Gasteiger partial charge is 0.341 e. The second-order valence-corrected chi connectivity index (χ2v) is 7.54. The van der Waals surface area contributed by atoms with Gasteiger partial charge in [-0.05, 0) is 36.3 Å². The predicted octanol–water partition coefficient (Wildman–Crippen LogP) is 5.30. The first kappa shape index (κ1) is 18.2. The molecule has 1 aliphatic carbocycles. The van der Waals surface area contributed by atoms with Gasteiger partial charge in [0.1, 0.15) is 11.7 Å². The summed E-state index contributed by atoms with van der Waals surface area (Å²) >= 11 is 0. The third-order valence-corrected chi connectivity index (χ3v) is 5.93. The van der Waals surface area contributed by atoms with Gasteiger partial charge < -0.3 is 9.47 Å². The number of carbonyl (C=O) groups excluding carboxylic acids is 1. The third kappa shape index (κ3) is 3.99. The van der Waals surface area contributed by atoms with Gasteiger partial charge in [-0.15, -0.1) is 0 Å². The zero-order valence-corrected chi connectivity index (χ0v) is 15.4. The van der Waals surface area contributed by atoms with E-state index >= 15 is 0 Å². The van der Waals surface area contributed by atoms with Crippen molar-refractivity contribution < 1.29 is 18.7 Å². The number of fused-ring (bicyclic) bond motifs is 1. The maximum absolute atomic E-state index is 14.3. The van der Waals surface area contributed by atoms with E-state index in [9.17, 15) is 9.18 Å². The fourth-order valence-electron chi connectivity index (χ4n) is 4.39. The molecule has 1 heterocycles. The number of rotatable bonds is 6. The van der Waals surface area contributed by atoms with Crippen LogP contribution in [0.2, 0.25) is 0 Å². The van der Waals surface area contributed by atoms with Crippen molar-refractivity contribution in [2.75, 3.05) is 7.11 Å². The Morgan fingerprint density at radius 2 is 1.96 bits per heavy atom. The number of unbranched alkanes of at least 4 members (excludes halogenated alkanes) is 2. The van der Waals surface area contributed by atoms with Gasteiger partial charge in [0.15, 0.2) is 11.6 Å². The van der Waals surface area contributed by atoms with Crippen molar-refractivity contribution in [1.82, 2.24) is 0 Å². The molecule has 0 N–H and O–H groups in total. The Balaban J connectivity index is 1.61. The predicted molar refractivity (Wildman–Crippen MR) is 95.4 cm³/mol. The van der Waals surface area contributed by atoms with E-state index in [1.165, 1.54) is 45.6 Å². The lowest BCUT2D eigenvalue weighted by molar-refractivity contribution is -0.00104. The topological polar surface area (TPSA) is 35.5 Å². The van der Waals surface area contributed by atoms with E-state index in [0.29, 0.717) is 12.3 Å². The fraction of sp³-hybridized carbons (Fsp3) is 0.667. The quantitative estimate of drug-likeness (QED) is 0.517. The van der Waals surface area contributed by atoms with Crippen molar-refractivity contribution in [3.63, 3.8) is 0 Å². The lowest BCUT2D eigenvalue weighted by Crippen LogP contribution is -2.36. The largest absolute Gasteiger partial charge is 0.494 e. The minimum atomic E-state index is -0.594. The van der Waals surface area contributed by atoms with Gasteiger partial charge >= 0.3 is 5.97 Å². The summed E-state index contributed by atoms with van der Waals surface area (Å²) < 4.78 is 25.0. The van der Waals surface area contributed by atoms with Crippen molar-refractivity contribution in [2.24, 2.45) is 11.8 Å². The van der Waals surface area contributed by atoms with Gasteiger partial charge in [0, 0.05) is 6.42 Å². The fourth-order valence-corrected chi connectivity index (χ4v) is 4.39. The summed E-state index contributed by atoms with van der Waals surface area (Å²) in [6.45, 7) is 2.24. The molecule has 1 fully saturated rings. The van der Waals surface area contributed by atoms with E-state index in [1.54, 1.807) is 12.1 Å². The van der Waals surface area contributed by atoms with Gasteiger partial charge in [-0.3, -0.25) is 0 Å². The highest BCUT2D eigenvalue weighted by Crippen LogP contribution is 2.38. The Bertz CT molecular complexity index is 605. The molecular formula is C21H29FO3. The van der Waals surface area contributed by atoms with Crippen LogP contribution in [0.25, 0.3) is 0 Å². The number of cyclic esters (lactones) is 1. The van der Waals surface area contributed by atoms with Gasteiger partial charge in [-0.1, -0.05) is 51.5 Å². The lowest BCUT2D eigenvalue weighted by Gasteiger charge is -2.36. The van der Waals surface area contributed by atoms with Gasteiger partial charge in [-0.2, -0.15) is 0 Å². The molecule has 3 rings (SSSR count). The highest BCUT2D eigenvalue weighted by molar-refractivity contribution is 5.93. The number of carbonyl (C=O) groups is 1. The molecule has 4 heteroatoms. The molecule has 1 saturated carbocycles. The molecule has 0 saturated heterocycles. The molecule has 1 aliphatic heterocycles. The molecule has 1 aromatic carbocycles. The Hall–Kier alpha value is -1.58. The van der Waals surface area contributed by atoms with Crippen LogP contribution >= 0.6 is 0 Å². The first-order valence-corrected chi connectivity index (χ1v) is 9.70. The molecule has 1 atom stereocenters. The second-order valence-electron chi connectivity index (χ2n) is 7.54. The van der Waals surface area contributed by atoms with Crippen LogP contribution in [0, 0.1) is 17.7 Å². The molecule has 0 aromatic heterocycles. The molecule has 0 spiro atoms. The van der Waals surface area contributed by atoms with E-state index in [2.05, 4.69) is 6.92 Å². The average Bonchev–Trinajstić information content (AvgIpc) is 2.62. The first-order chi connectivity index (χ1) is 12.1. The van der Waals surface area contributed by atoms with E-state index in [-0.39, 0.29) is 17.4 Å². The summed E-state index contributed by atoms with van der Waals surface area (Å²) in [4.78, 5) is 12.3. The van der Waals surface area contributed by atoms with Crippen molar-refractivity contribution in [2.45, 2.75) is 70.8 Å². The minimum absolute atomic E-state index is 0.0591. The highest BCUT2D eigenvalue weighted by atomic mass is 19.1. The highest BCUT2D eigenvalue weighted by Gasteiger charge is 2.36. The van der Waals surface area contributed by atoms with Crippen LogP contribution in [0.3, 0.4) is 0 Å². The summed E-state index contributed by atoms with van der Waals surface area (Å²) in [5.41, 5.74) is 0.813. The molecule has 3 nitrogen and oxygen atoms in total. The standard InChI is InChI=1S/C21H29FO3/c1-3-4-5-6-14-7-9-15(10-8-14)18-13-16-11-12-17(24-2)20(22)19(16)21(23)25-18/h11-12,14-15,18H,3-10,13H2,1-2H3. The lowest BCUT2D eigenvalue weighted by atomic mass is 9.75. The Morgan fingerprint density at radius 3 is 2.64 bits per heavy atom. The van der Waals surface area contributed by atoms with Crippen LogP contribution < -0.4 is 4.74 Å². The third-order valence-electron chi connectivity index (χ3n) is 5.93. The van der Waals surface area contributed by atoms with Crippen molar-refractivity contribution in [3.05, 3.63) is 29.1 Å². The maximum Gasteiger partial charge on any atom is 0.341 e. The Labute approximate surface area is 149 Å².